The molecule has 0 aliphatic heterocycles. The first kappa shape index (κ1) is 11.6. The highest BCUT2D eigenvalue weighted by Gasteiger charge is 1.95. The molecule has 0 heterocycles. The van der Waals surface area contributed by atoms with Gasteiger partial charge in [-0.15, -0.1) is 0 Å². The number of para-hydroxylation sites is 1. The third kappa shape index (κ3) is 4.98. The molecule has 3 heteroatoms. The normalized spacial score (nSPS) is 8.23. The van der Waals surface area contributed by atoms with Gasteiger partial charge in [0, 0.05) is 5.69 Å². The third-order valence-corrected chi connectivity index (χ3v) is 1.24. The van der Waals surface area contributed by atoms with Crippen molar-refractivity contribution in [2.24, 2.45) is 5.73 Å². The van der Waals surface area contributed by atoms with Crippen molar-refractivity contribution in [1.82, 2.24) is 0 Å². The molecule has 0 aliphatic rings. The number of rotatable bonds is 2. The van der Waals surface area contributed by atoms with Crippen LogP contribution in [-0.4, -0.2) is 12.5 Å². The van der Waals surface area contributed by atoms with Crippen molar-refractivity contribution in [3.63, 3.8) is 0 Å². The van der Waals surface area contributed by atoms with Crippen LogP contribution in [-0.2, 0) is 4.79 Å². The zero-order valence-electron chi connectivity index (χ0n) is 8.08. The van der Waals surface area contributed by atoms with Gasteiger partial charge in [0.2, 0.25) is 5.91 Å². The molecule has 1 amide bonds. The van der Waals surface area contributed by atoms with Crippen LogP contribution < -0.4 is 11.1 Å². The molecule has 0 aliphatic carbocycles. The predicted octanol–water partition coefficient (Wildman–Crippen LogP) is 1.61. The van der Waals surface area contributed by atoms with Crippen molar-refractivity contribution in [3.05, 3.63) is 30.3 Å². The largest absolute Gasteiger partial charge is 0.325 e. The summed E-state index contributed by atoms with van der Waals surface area (Å²) in [5, 5.41) is 2.63. The summed E-state index contributed by atoms with van der Waals surface area (Å²) < 4.78 is 0. The Kier molecular flexibility index (Phi) is 6.55. The van der Waals surface area contributed by atoms with Gasteiger partial charge in [-0.25, -0.2) is 0 Å². The summed E-state index contributed by atoms with van der Waals surface area (Å²) in [7, 11) is 0. The molecule has 0 fully saturated rings. The summed E-state index contributed by atoms with van der Waals surface area (Å²) in [6.07, 6.45) is 0. The van der Waals surface area contributed by atoms with Crippen LogP contribution in [0.25, 0.3) is 0 Å². The molecular weight excluding hydrogens is 164 g/mol. The van der Waals surface area contributed by atoms with Crippen molar-refractivity contribution in [2.45, 2.75) is 13.8 Å². The molecule has 1 aromatic carbocycles. The Morgan fingerprint density at radius 3 is 2.31 bits per heavy atom. The maximum Gasteiger partial charge on any atom is 0.238 e. The molecule has 0 unspecified atom stereocenters. The average molecular weight is 180 g/mol. The van der Waals surface area contributed by atoms with E-state index < -0.39 is 0 Å². The Labute approximate surface area is 78.9 Å². The zero-order valence-corrected chi connectivity index (χ0v) is 8.08. The first-order chi connectivity index (χ1) is 6.33. The Hall–Kier alpha value is -1.35. The lowest BCUT2D eigenvalue weighted by Gasteiger charge is -2.00. The summed E-state index contributed by atoms with van der Waals surface area (Å²) in [6, 6.07) is 9.22. The number of carbonyl (C=O) groups is 1. The average Bonchev–Trinajstić information content (AvgIpc) is 2.22. The number of anilines is 1. The molecule has 3 N–H and O–H groups in total. The standard InChI is InChI=1S/C8H10N2O.C2H6/c9-6-8(11)10-7-4-2-1-3-5-7;1-2/h1-5H,6,9H2,(H,10,11);1-2H3. The second-order valence-electron chi connectivity index (χ2n) is 2.12. The molecular formula is C10H16N2O. The summed E-state index contributed by atoms with van der Waals surface area (Å²) in [4.78, 5) is 10.7. The molecule has 0 aromatic heterocycles. The van der Waals surface area contributed by atoms with Crippen LogP contribution in [0.2, 0.25) is 0 Å². The Balaban J connectivity index is 0.000000671. The number of amides is 1. The number of nitrogens with one attached hydrogen (secondary N) is 1. The minimum Gasteiger partial charge on any atom is -0.325 e. The van der Waals surface area contributed by atoms with Crippen molar-refractivity contribution in [2.75, 3.05) is 11.9 Å². The lowest BCUT2D eigenvalue weighted by atomic mass is 10.3. The van der Waals surface area contributed by atoms with Crippen LogP contribution in [0.4, 0.5) is 5.69 Å². The van der Waals surface area contributed by atoms with E-state index in [-0.39, 0.29) is 12.5 Å². The summed E-state index contributed by atoms with van der Waals surface area (Å²) in [5.41, 5.74) is 5.89. The van der Waals surface area contributed by atoms with Gasteiger partial charge in [0.15, 0.2) is 0 Å². The van der Waals surface area contributed by atoms with E-state index in [1.54, 1.807) is 0 Å². The molecule has 72 valence electrons. The summed E-state index contributed by atoms with van der Waals surface area (Å²) >= 11 is 0. The highest BCUT2D eigenvalue weighted by Crippen LogP contribution is 2.03. The lowest BCUT2D eigenvalue weighted by Crippen LogP contribution is -2.21. The minimum absolute atomic E-state index is 0.0227. The fourth-order valence-corrected chi connectivity index (χ4v) is 0.734. The van der Waals surface area contributed by atoms with Gasteiger partial charge in [-0.2, -0.15) is 0 Å². The topological polar surface area (TPSA) is 55.1 Å². The molecule has 0 atom stereocenters. The molecule has 3 nitrogen and oxygen atoms in total. The first-order valence-electron chi connectivity index (χ1n) is 4.38. The monoisotopic (exact) mass is 180 g/mol. The van der Waals surface area contributed by atoms with Gasteiger partial charge in [-0.05, 0) is 12.1 Å². The van der Waals surface area contributed by atoms with E-state index in [9.17, 15) is 4.79 Å². The van der Waals surface area contributed by atoms with Crippen molar-refractivity contribution in [1.29, 1.82) is 0 Å². The number of hydrogen-bond donors (Lipinski definition) is 2. The molecule has 13 heavy (non-hydrogen) atoms. The Morgan fingerprint density at radius 2 is 1.85 bits per heavy atom. The number of nitrogens with two attached hydrogens (primary N) is 1. The van der Waals surface area contributed by atoms with Gasteiger partial charge in [0.25, 0.3) is 0 Å². The quantitative estimate of drug-likeness (QED) is 0.726. The van der Waals surface area contributed by atoms with Gasteiger partial charge in [0.1, 0.15) is 0 Å². The van der Waals surface area contributed by atoms with E-state index in [0.29, 0.717) is 0 Å². The van der Waals surface area contributed by atoms with E-state index in [2.05, 4.69) is 5.32 Å². The van der Waals surface area contributed by atoms with Crippen LogP contribution in [0.3, 0.4) is 0 Å². The molecule has 1 rings (SSSR count). The van der Waals surface area contributed by atoms with E-state index in [0.717, 1.165) is 5.69 Å². The SMILES string of the molecule is CC.NCC(=O)Nc1ccccc1. The van der Waals surface area contributed by atoms with Crippen molar-refractivity contribution < 1.29 is 4.79 Å². The maximum atomic E-state index is 10.7. The predicted molar refractivity (Wildman–Crippen MR) is 55.5 cm³/mol. The molecule has 1 aromatic rings. The van der Waals surface area contributed by atoms with Crippen LogP contribution in [0.5, 0.6) is 0 Å². The molecule has 0 bridgehead atoms. The van der Waals surface area contributed by atoms with E-state index >= 15 is 0 Å². The zero-order chi connectivity index (χ0) is 10.1. The fraction of sp³-hybridized carbons (Fsp3) is 0.300. The van der Waals surface area contributed by atoms with E-state index in [1.165, 1.54) is 0 Å². The summed E-state index contributed by atoms with van der Waals surface area (Å²) in [5.74, 6) is -0.170. The Bertz CT molecular complexity index is 234. The van der Waals surface area contributed by atoms with Gasteiger partial charge in [0.05, 0.1) is 6.54 Å². The second kappa shape index (κ2) is 7.31. The van der Waals surface area contributed by atoms with Gasteiger partial charge in [-0.3, -0.25) is 4.79 Å². The number of carbonyl (C=O) groups excluding carboxylic acids is 1. The van der Waals surface area contributed by atoms with Crippen LogP contribution in [0.1, 0.15) is 13.8 Å². The minimum atomic E-state index is -0.170. The smallest absolute Gasteiger partial charge is 0.238 e. The van der Waals surface area contributed by atoms with E-state index in [1.807, 2.05) is 44.2 Å². The van der Waals surface area contributed by atoms with Gasteiger partial charge < -0.3 is 11.1 Å². The van der Waals surface area contributed by atoms with Gasteiger partial charge in [-0.1, -0.05) is 32.0 Å². The lowest BCUT2D eigenvalue weighted by molar-refractivity contribution is -0.114. The van der Waals surface area contributed by atoms with Crippen LogP contribution in [0, 0.1) is 0 Å². The maximum absolute atomic E-state index is 10.7. The second-order valence-corrected chi connectivity index (χ2v) is 2.12. The van der Waals surface area contributed by atoms with E-state index in [4.69, 9.17) is 5.73 Å². The fourth-order valence-electron chi connectivity index (χ4n) is 0.734. The molecule has 0 radical (unpaired) electrons. The Morgan fingerprint density at radius 1 is 1.31 bits per heavy atom. The van der Waals surface area contributed by atoms with Crippen molar-refractivity contribution in [3.8, 4) is 0 Å². The highest BCUT2D eigenvalue weighted by atomic mass is 16.1. The highest BCUT2D eigenvalue weighted by molar-refractivity contribution is 5.91. The van der Waals surface area contributed by atoms with Gasteiger partial charge >= 0.3 is 0 Å². The molecule has 0 spiro atoms. The van der Waals surface area contributed by atoms with Crippen molar-refractivity contribution >= 4 is 11.6 Å². The number of hydrogen-bond acceptors (Lipinski definition) is 2. The number of benzene rings is 1. The summed E-state index contributed by atoms with van der Waals surface area (Å²) in [6.45, 7) is 4.02. The molecule has 0 saturated heterocycles. The first-order valence-corrected chi connectivity index (χ1v) is 4.38. The molecule has 0 saturated carbocycles. The van der Waals surface area contributed by atoms with Crippen LogP contribution in [0.15, 0.2) is 30.3 Å². The third-order valence-electron chi connectivity index (χ3n) is 1.24. The van der Waals surface area contributed by atoms with Crippen LogP contribution >= 0.6 is 0 Å².